The van der Waals surface area contributed by atoms with Crippen molar-refractivity contribution in [1.29, 1.82) is 0 Å². The summed E-state index contributed by atoms with van der Waals surface area (Å²) in [4.78, 5) is 13.0. The van der Waals surface area contributed by atoms with E-state index in [4.69, 9.17) is 32.7 Å². The van der Waals surface area contributed by atoms with Crippen molar-refractivity contribution in [3.05, 3.63) is 118 Å². The summed E-state index contributed by atoms with van der Waals surface area (Å²) in [5.41, 5.74) is 4.93. The van der Waals surface area contributed by atoms with Crippen LogP contribution in [-0.4, -0.2) is 33.7 Å². The molecule has 1 amide bonds. The molecule has 0 radical (unpaired) electrons. The van der Waals surface area contributed by atoms with Crippen LogP contribution in [-0.2, 0) is 21.4 Å². The number of amides is 1. The highest BCUT2D eigenvalue weighted by Crippen LogP contribution is 2.30. The molecule has 4 aromatic carbocycles. The molecule has 0 aliphatic rings. The Morgan fingerprint density at radius 2 is 1.62 bits per heavy atom. The van der Waals surface area contributed by atoms with Crippen molar-refractivity contribution in [2.45, 2.75) is 25.3 Å². The van der Waals surface area contributed by atoms with Gasteiger partial charge in [-0.1, -0.05) is 59.6 Å². The van der Waals surface area contributed by atoms with Gasteiger partial charge in [0.15, 0.2) is 11.5 Å². The molecule has 0 fully saturated rings. The highest BCUT2D eigenvalue weighted by atomic mass is 35.5. The largest absolute Gasteiger partial charge is 0.490 e. The van der Waals surface area contributed by atoms with Crippen LogP contribution in [0.4, 0.5) is 5.69 Å². The Morgan fingerprint density at radius 1 is 0.905 bits per heavy atom. The second kappa shape index (κ2) is 14.2. The number of hydrogen-bond acceptors (Lipinski definition) is 6. The quantitative estimate of drug-likeness (QED) is 0.141. The van der Waals surface area contributed by atoms with E-state index in [-0.39, 0.29) is 4.90 Å². The zero-order chi connectivity index (χ0) is 30.1. The van der Waals surface area contributed by atoms with E-state index in [2.05, 4.69) is 10.5 Å². The average molecular weight is 627 g/mol. The lowest BCUT2D eigenvalue weighted by Gasteiger charge is -2.25. The van der Waals surface area contributed by atoms with E-state index >= 15 is 0 Å². The standard InChI is InChI=1S/C31H29Cl2N3O5S/c1-3-40-30-17-24(12-16-29(30)41-21-23-10-14-25(32)15-11-23)19-34-35-31(37)20-36(28-18-26(33)13-9-22(28)2)42(38,39)27-7-5-4-6-8-27/h4-19H,3,20-21H2,1-2H3,(H,35,37)/b34-19-. The Kier molecular flexibility index (Phi) is 10.5. The molecular weight excluding hydrogens is 597 g/mol. The van der Waals surface area contributed by atoms with Gasteiger partial charge in [0.05, 0.1) is 23.4 Å². The van der Waals surface area contributed by atoms with Gasteiger partial charge in [-0.2, -0.15) is 5.10 Å². The Hall–Kier alpha value is -4.05. The molecule has 218 valence electrons. The van der Waals surface area contributed by atoms with Gasteiger partial charge < -0.3 is 9.47 Å². The molecule has 0 saturated carbocycles. The van der Waals surface area contributed by atoms with Crippen LogP contribution < -0.4 is 19.2 Å². The Balaban J connectivity index is 1.48. The van der Waals surface area contributed by atoms with E-state index in [0.29, 0.717) is 51.6 Å². The number of hydrazone groups is 1. The maximum Gasteiger partial charge on any atom is 0.264 e. The van der Waals surface area contributed by atoms with E-state index in [1.165, 1.54) is 24.4 Å². The monoisotopic (exact) mass is 625 g/mol. The van der Waals surface area contributed by atoms with E-state index in [9.17, 15) is 13.2 Å². The minimum Gasteiger partial charge on any atom is -0.490 e. The number of ether oxygens (including phenoxy) is 2. The zero-order valence-corrected chi connectivity index (χ0v) is 25.3. The van der Waals surface area contributed by atoms with Gasteiger partial charge in [-0.15, -0.1) is 0 Å². The molecule has 0 spiro atoms. The maximum atomic E-state index is 13.5. The summed E-state index contributed by atoms with van der Waals surface area (Å²) in [7, 11) is -4.09. The number of halogens is 2. The molecule has 0 atom stereocenters. The number of nitrogens with one attached hydrogen (secondary N) is 1. The first kappa shape index (κ1) is 30.9. The van der Waals surface area contributed by atoms with E-state index in [1.54, 1.807) is 67.6 Å². The van der Waals surface area contributed by atoms with Crippen LogP contribution in [0.15, 0.2) is 101 Å². The summed E-state index contributed by atoms with van der Waals surface area (Å²) in [5, 5.41) is 5.02. The van der Waals surface area contributed by atoms with Gasteiger partial charge in [-0.25, -0.2) is 13.8 Å². The lowest BCUT2D eigenvalue weighted by Crippen LogP contribution is -2.40. The predicted octanol–water partition coefficient (Wildman–Crippen LogP) is 6.63. The number of benzene rings is 4. The number of carbonyl (C=O) groups is 1. The van der Waals surface area contributed by atoms with Crippen molar-refractivity contribution in [1.82, 2.24) is 5.43 Å². The first-order chi connectivity index (χ1) is 20.2. The van der Waals surface area contributed by atoms with Gasteiger partial charge in [0.2, 0.25) is 0 Å². The van der Waals surface area contributed by atoms with Crippen molar-refractivity contribution < 1.29 is 22.7 Å². The lowest BCUT2D eigenvalue weighted by atomic mass is 10.2. The molecule has 8 nitrogen and oxygen atoms in total. The summed E-state index contributed by atoms with van der Waals surface area (Å²) in [6, 6.07) is 25.3. The molecule has 4 aromatic rings. The smallest absolute Gasteiger partial charge is 0.264 e. The Labute approximate surface area is 255 Å². The molecule has 1 N–H and O–H groups in total. The summed E-state index contributed by atoms with van der Waals surface area (Å²) in [6.07, 6.45) is 1.43. The molecule has 0 bridgehead atoms. The molecule has 11 heteroatoms. The highest BCUT2D eigenvalue weighted by molar-refractivity contribution is 7.92. The van der Waals surface area contributed by atoms with Crippen LogP contribution in [0, 0.1) is 6.92 Å². The van der Waals surface area contributed by atoms with Crippen LogP contribution in [0.3, 0.4) is 0 Å². The van der Waals surface area contributed by atoms with Crippen LogP contribution in [0.5, 0.6) is 11.5 Å². The Bertz CT molecular complexity index is 1660. The topological polar surface area (TPSA) is 97.3 Å². The molecule has 42 heavy (non-hydrogen) atoms. The van der Waals surface area contributed by atoms with Crippen molar-refractivity contribution in [2.24, 2.45) is 5.10 Å². The third kappa shape index (κ3) is 8.03. The zero-order valence-electron chi connectivity index (χ0n) is 23.0. The average Bonchev–Trinajstić information content (AvgIpc) is 2.98. The molecular formula is C31H29Cl2N3O5S. The third-order valence-corrected chi connectivity index (χ3v) is 8.30. The van der Waals surface area contributed by atoms with Gasteiger partial charge in [-0.05, 0) is 85.1 Å². The van der Waals surface area contributed by atoms with E-state index in [1.807, 2.05) is 19.1 Å². The SMILES string of the molecule is CCOc1cc(/C=N\NC(=O)CN(c2cc(Cl)ccc2C)S(=O)(=O)c2ccccc2)ccc1OCc1ccc(Cl)cc1. The molecule has 0 aliphatic heterocycles. The minimum atomic E-state index is -4.09. The number of aryl methyl sites for hydroxylation is 1. The number of carbonyl (C=O) groups excluding carboxylic acids is 1. The van der Waals surface area contributed by atoms with Crippen LogP contribution in [0.25, 0.3) is 0 Å². The van der Waals surface area contributed by atoms with E-state index < -0.39 is 22.5 Å². The van der Waals surface area contributed by atoms with Crippen molar-refractivity contribution in [3.63, 3.8) is 0 Å². The molecule has 0 unspecified atom stereocenters. The van der Waals surface area contributed by atoms with Gasteiger partial charge in [0.25, 0.3) is 15.9 Å². The van der Waals surface area contributed by atoms with Gasteiger partial charge in [0.1, 0.15) is 13.2 Å². The molecule has 0 aliphatic carbocycles. The van der Waals surface area contributed by atoms with Crippen LogP contribution >= 0.6 is 23.2 Å². The maximum absolute atomic E-state index is 13.5. The van der Waals surface area contributed by atoms with E-state index in [0.717, 1.165) is 9.87 Å². The summed E-state index contributed by atoms with van der Waals surface area (Å²) < 4.78 is 39.8. The van der Waals surface area contributed by atoms with Crippen LogP contribution in [0.2, 0.25) is 10.0 Å². The summed E-state index contributed by atoms with van der Waals surface area (Å²) in [6.45, 7) is 3.84. The molecule has 4 rings (SSSR count). The van der Waals surface area contributed by atoms with Crippen LogP contribution in [0.1, 0.15) is 23.6 Å². The normalized spacial score (nSPS) is 11.3. The number of sulfonamides is 1. The molecule has 0 heterocycles. The number of rotatable bonds is 12. The second-order valence-corrected chi connectivity index (χ2v) is 11.8. The van der Waals surface area contributed by atoms with Crippen molar-refractivity contribution in [3.8, 4) is 11.5 Å². The van der Waals surface area contributed by atoms with Crippen molar-refractivity contribution in [2.75, 3.05) is 17.5 Å². The lowest BCUT2D eigenvalue weighted by molar-refractivity contribution is -0.119. The minimum absolute atomic E-state index is 0.0440. The van der Waals surface area contributed by atoms with Gasteiger partial charge in [0, 0.05) is 10.0 Å². The Morgan fingerprint density at radius 3 is 2.33 bits per heavy atom. The first-order valence-corrected chi connectivity index (χ1v) is 15.2. The number of hydrogen-bond donors (Lipinski definition) is 1. The fourth-order valence-corrected chi connectivity index (χ4v) is 5.74. The fraction of sp³-hybridized carbons (Fsp3) is 0.161. The fourth-order valence-electron chi connectivity index (χ4n) is 3.95. The molecule has 0 aromatic heterocycles. The van der Waals surface area contributed by atoms with Gasteiger partial charge >= 0.3 is 0 Å². The number of nitrogens with zero attached hydrogens (tertiary/aromatic N) is 2. The van der Waals surface area contributed by atoms with Gasteiger partial charge in [-0.3, -0.25) is 9.10 Å². The molecule has 0 saturated heterocycles. The number of anilines is 1. The third-order valence-electron chi connectivity index (χ3n) is 6.04. The van der Waals surface area contributed by atoms with Crippen molar-refractivity contribution >= 4 is 51.0 Å². The summed E-state index contributed by atoms with van der Waals surface area (Å²) >= 11 is 12.1. The second-order valence-electron chi connectivity index (χ2n) is 9.10. The highest BCUT2D eigenvalue weighted by Gasteiger charge is 2.28. The summed E-state index contributed by atoms with van der Waals surface area (Å²) in [5.74, 6) is 0.419. The predicted molar refractivity (Wildman–Crippen MR) is 166 cm³/mol. The first-order valence-electron chi connectivity index (χ1n) is 13.0.